The fourth-order valence-corrected chi connectivity index (χ4v) is 0. The molecule has 36 valence electrons. The Morgan fingerprint density at radius 1 is 1.00 bits per heavy atom. The van der Waals surface area contributed by atoms with Crippen LogP contribution in [0.5, 0.6) is 0 Å². The van der Waals surface area contributed by atoms with Crippen molar-refractivity contribution in [2.24, 2.45) is 0 Å². The van der Waals surface area contributed by atoms with Gasteiger partial charge in [0.05, 0.1) is 0 Å². The van der Waals surface area contributed by atoms with E-state index < -0.39 is 0 Å². The van der Waals surface area contributed by atoms with E-state index in [1.807, 2.05) is 0 Å². The summed E-state index contributed by atoms with van der Waals surface area (Å²) in [6.45, 7) is 0. The van der Waals surface area contributed by atoms with Crippen molar-refractivity contribution in [1.82, 2.24) is 0 Å². The standard InChI is InChI=1S/Cu.Mg.Mn.Ni.Ti.2H. The maximum Gasteiger partial charge on any atom is 0.316 e. The van der Waals surface area contributed by atoms with Crippen LogP contribution in [0.25, 0.3) is 0 Å². The van der Waals surface area contributed by atoms with Gasteiger partial charge < -0.3 is 0 Å². The van der Waals surface area contributed by atoms with E-state index in [1.54, 1.807) is 0 Å². The third-order valence-corrected chi connectivity index (χ3v) is 0. The van der Waals surface area contributed by atoms with E-state index >= 15 is 0 Å². The first-order valence-corrected chi connectivity index (χ1v) is 0. The second-order valence-electron chi connectivity index (χ2n) is 0. The molecule has 0 saturated heterocycles. The van der Waals surface area contributed by atoms with Crippen LogP contribution < -0.4 is 0 Å². The SMILES string of the molecule is [Cu].[MgH2].[Mn].[Ni].[Ti]. The predicted octanol–water partition coefficient (Wildman–Crippen LogP) is -0.926. The largest absolute Gasteiger partial charge is 0.316 e. The first-order chi connectivity index (χ1) is 0. The normalized spacial score (nSPS) is 0. The second kappa shape index (κ2) is 27.9. The Kier molecular flexibility index (Phi) is 243. The maximum atomic E-state index is 0. The smallest absolute Gasteiger partial charge is 0 e. The van der Waals surface area contributed by atoms with E-state index in [1.165, 1.54) is 0 Å². The first-order valence-electron chi connectivity index (χ1n) is 0. The van der Waals surface area contributed by atoms with Crippen LogP contribution in [0.4, 0.5) is 0 Å². The van der Waals surface area contributed by atoms with Crippen LogP contribution in [0, 0.1) is 0 Å². The Balaban J connectivity index is 0. The van der Waals surface area contributed by atoms with Gasteiger partial charge in [0.1, 0.15) is 0 Å². The van der Waals surface area contributed by atoms with Crippen molar-refractivity contribution in [3.05, 3.63) is 0 Å². The van der Waals surface area contributed by atoms with Crippen LogP contribution >= 0.6 is 0 Å². The van der Waals surface area contributed by atoms with Crippen LogP contribution in [0.3, 0.4) is 0 Å². The minimum absolute atomic E-state index is 0. The first kappa shape index (κ1) is 43.4. The zero-order chi connectivity index (χ0) is 0. The van der Waals surface area contributed by atoms with Gasteiger partial charge in [-0.1, -0.05) is 0 Å². The Labute approximate surface area is 93.9 Å². The zero-order valence-electron chi connectivity index (χ0n) is 1.50. The molecule has 0 aliphatic carbocycles. The van der Waals surface area contributed by atoms with E-state index in [-0.39, 0.29) is 95.4 Å². The van der Waals surface area contributed by atoms with Gasteiger partial charge in [-0.05, 0) is 0 Å². The molecule has 0 saturated carbocycles. The maximum absolute atomic E-state index is 0. The Morgan fingerprint density at radius 2 is 1.00 bits per heavy atom. The molecule has 0 rings (SSSR count). The summed E-state index contributed by atoms with van der Waals surface area (Å²) in [4.78, 5) is 0. The number of rotatable bonds is 0. The van der Waals surface area contributed by atoms with Gasteiger partial charge in [-0.25, -0.2) is 0 Å². The van der Waals surface area contributed by atoms with Gasteiger partial charge in [0.15, 0.2) is 0 Å². The molecule has 5 heteroatoms. The number of hydrogen-bond donors (Lipinski definition) is 0. The van der Waals surface area contributed by atoms with E-state index in [4.69, 9.17) is 0 Å². The molecule has 0 aromatic carbocycles. The molecule has 0 fully saturated rings. The summed E-state index contributed by atoms with van der Waals surface area (Å²) in [6.07, 6.45) is 0. The van der Waals surface area contributed by atoms with Gasteiger partial charge in [0.2, 0.25) is 0 Å². The molecule has 0 atom stereocenters. The molecule has 0 aliphatic rings. The van der Waals surface area contributed by atoms with Gasteiger partial charge in [0.25, 0.3) is 0 Å². The van der Waals surface area contributed by atoms with E-state index in [0.29, 0.717) is 0 Å². The molecule has 2 radical (unpaired) electrons. The van der Waals surface area contributed by atoms with Crippen molar-refractivity contribution in [1.29, 1.82) is 0 Å². The Hall–Kier alpha value is 3.01. The third-order valence-electron chi connectivity index (χ3n) is 0. The van der Waals surface area contributed by atoms with Crippen LogP contribution in [0.2, 0.25) is 0 Å². The van der Waals surface area contributed by atoms with Crippen LogP contribution in [0.1, 0.15) is 0 Å². The summed E-state index contributed by atoms with van der Waals surface area (Å²) in [5.41, 5.74) is 0. The summed E-state index contributed by atoms with van der Waals surface area (Å²) in [6, 6.07) is 0. The molecule has 0 aliphatic heterocycles. The molecule has 0 nitrogen and oxygen atoms in total. The van der Waals surface area contributed by atoms with Crippen molar-refractivity contribution in [2.75, 3.05) is 0 Å². The number of hydrogen-bond acceptors (Lipinski definition) is 0. The molecule has 0 heterocycles. The van der Waals surface area contributed by atoms with E-state index in [9.17, 15) is 0 Å². The van der Waals surface area contributed by atoms with Gasteiger partial charge >= 0.3 is 23.1 Å². The van der Waals surface area contributed by atoms with Crippen molar-refractivity contribution in [3.8, 4) is 0 Å². The van der Waals surface area contributed by atoms with Crippen LogP contribution in [-0.2, 0) is 72.3 Å². The minimum Gasteiger partial charge on any atom is 0 e. The zero-order valence-corrected chi connectivity index (χ0v) is 6.17. The van der Waals surface area contributed by atoms with Crippen LogP contribution in [-0.4, -0.2) is 23.1 Å². The summed E-state index contributed by atoms with van der Waals surface area (Å²) < 4.78 is 0. The average molecular weight is 251 g/mol. The monoisotopic (exact) mass is 250 g/mol. The Morgan fingerprint density at radius 3 is 1.00 bits per heavy atom. The van der Waals surface area contributed by atoms with E-state index in [2.05, 4.69) is 0 Å². The van der Waals surface area contributed by atoms with Crippen molar-refractivity contribution >= 4 is 23.1 Å². The molecule has 0 bridgehead atoms. The van der Waals surface area contributed by atoms with E-state index in [0.717, 1.165) is 0 Å². The summed E-state index contributed by atoms with van der Waals surface area (Å²) in [5.74, 6) is 0. The molecule has 0 amide bonds. The quantitative estimate of drug-likeness (QED) is 0.488. The fraction of sp³-hybridized carbons (Fsp3) is 0. The molecular formula is H2CuMgMnNiTi. The van der Waals surface area contributed by atoms with Crippen molar-refractivity contribution in [2.45, 2.75) is 0 Å². The summed E-state index contributed by atoms with van der Waals surface area (Å²) in [7, 11) is 0. The molecular weight excluding hydrogens is 249 g/mol. The molecule has 0 aromatic heterocycles. The fourth-order valence-electron chi connectivity index (χ4n) is 0. The molecule has 0 spiro atoms. The molecule has 0 aromatic rings. The Bertz CT molecular complexity index is 11.6. The predicted molar refractivity (Wildman–Crippen MR) is 8.54 cm³/mol. The van der Waals surface area contributed by atoms with Gasteiger partial charge in [-0.2, -0.15) is 0 Å². The average Bonchev–Trinajstić information content (AvgIpc) is 0. The molecule has 0 unspecified atom stereocenters. The van der Waals surface area contributed by atoms with Crippen LogP contribution in [0.15, 0.2) is 0 Å². The molecule has 0 N–H and O–H groups in total. The second-order valence-corrected chi connectivity index (χ2v) is 0. The van der Waals surface area contributed by atoms with Crippen molar-refractivity contribution < 1.29 is 72.3 Å². The molecule has 5 heavy (non-hydrogen) atoms. The van der Waals surface area contributed by atoms with Gasteiger partial charge in [0, 0.05) is 72.3 Å². The minimum atomic E-state index is 0. The van der Waals surface area contributed by atoms with Crippen molar-refractivity contribution in [3.63, 3.8) is 0 Å². The van der Waals surface area contributed by atoms with Gasteiger partial charge in [-0.15, -0.1) is 0 Å². The van der Waals surface area contributed by atoms with Gasteiger partial charge in [-0.3, -0.25) is 0 Å². The summed E-state index contributed by atoms with van der Waals surface area (Å²) in [5, 5.41) is 0. The third kappa shape index (κ3) is 19.4. The topological polar surface area (TPSA) is 0 Å². The summed E-state index contributed by atoms with van der Waals surface area (Å²) >= 11 is 0.